The normalized spacial score (nSPS) is 12.6. The molecule has 0 fully saturated rings. The maximum Gasteiger partial charge on any atom is 0.338 e. The Balaban J connectivity index is 0.000000518. The van der Waals surface area contributed by atoms with E-state index in [9.17, 15) is 22.4 Å². The highest BCUT2D eigenvalue weighted by molar-refractivity contribution is 7.87. The number of aromatic carboxylic acids is 1. The lowest BCUT2D eigenvalue weighted by Gasteiger charge is -2.19. The number of carbonyl (C=O) groups excluding carboxylic acids is 1. The molecule has 2 unspecified atom stereocenters. The summed E-state index contributed by atoms with van der Waals surface area (Å²) in [5.41, 5.74) is 3.03. The van der Waals surface area contributed by atoms with E-state index >= 15 is 0 Å². The van der Waals surface area contributed by atoms with Crippen LogP contribution in [0.5, 0.6) is 0 Å². The largest absolute Gasteiger partial charge is 0.478 e. The fourth-order valence-electron chi connectivity index (χ4n) is 3.23. The Bertz CT molecular complexity index is 1500. The Kier molecular flexibility index (Phi) is 13.7. The van der Waals surface area contributed by atoms with Gasteiger partial charge in [-0.15, -0.1) is 0 Å². The number of hydrogen-bond acceptors (Lipinski definition) is 8. The molecule has 0 radical (unpaired) electrons. The van der Waals surface area contributed by atoms with Gasteiger partial charge in [-0.1, -0.05) is 63.7 Å². The molecule has 42 heavy (non-hydrogen) atoms. The SMILES string of the molecule is Cc1ccc(C(=O)O)cc1.Cc1ccc(C(=O)OCC(CC(F)/C=N/OCl)OS(=O)(=O)c2cc(C)c(Cl)cc2Cl)cc1. The first-order valence-electron chi connectivity index (χ1n) is 12.1. The summed E-state index contributed by atoms with van der Waals surface area (Å²) < 4.78 is 53.9. The standard InChI is InChI=1S/C20H19Cl3FNO6S.C8H8O2/c1-12-3-5-14(6-4-12)20(26)29-11-16(8-15(24)10-25-31-23)30-32(27,28)19-7-13(2)17(21)9-18(19)22;1-6-2-4-7(5-3-6)8(9)10/h3-7,9-10,15-16H,8,11H2,1-2H3;2-5H,1H3,(H,9,10)/b25-10+;. The van der Waals surface area contributed by atoms with E-state index in [0.717, 1.165) is 11.1 Å². The molecule has 0 heterocycles. The minimum atomic E-state index is -4.46. The lowest BCUT2D eigenvalue weighted by molar-refractivity contribution is 0.0282. The molecule has 3 aromatic rings. The summed E-state index contributed by atoms with van der Waals surface area (Å²) in [6.07, 6.45) is -3.04. The number of alkyl halides is 1. The summed E-state index contributed by atoms with van der Waals surface area (Å²) >= 11 is 16.9. The first-order valence-corrected chi connectivity index (χ1v) is 14.6. The summed E-state index contributed by atoms with van der Waals surface area (Å²) in [6.45, 7) is 4.79. The van der Waals surface area contributed by atoms with Crippen LogP contribution in [-0.4, -0.2) is 50.6 Å². The zero-order valence-corrected chi connectivity index (χ0v) is 25.7. The van der Waals surface area contributed by atoms with E-state index in [1.165, 1.54) is 12.1 Å². The van der Waals surface area contributed by atoms with Gasteiger partial charge in [0.25, 0.3) is 10.1 Å². The van der Waals surface area contributed by atoms with Gasteiger partial charge in [-0.3, -0.25) is 8.57 Å². The van der Waals surface area contributed by atoms with Gasteiger partial charge >= 0.3 is 11.9 Å². The number of rotatable bonds is 11. The van der Waals surface area contributed by atoms with Gasteiger partial charge in [-0.25, -0.2) is 14.0 Å². The van der Waals surface area contributed by atoms with Crippen molar-refractivity contribution in [1.29, 1.82) is 0 Å². The van der Waals surface area contributed by atoms with Crippen LogP contribution in [0.1, 0.15) is 43.8 Å². The zero-order valence-electron chi connectivity index (χ0n) is 22.6. The number of oxime groups is 1. The van der Waals surface area contributed by atoms with Gasteiger partial charge in [0.05, 0.1) is 22.4 Å². The molecule has 3 rings (SSSR count). The molecule has 0 amide bonds. The van der Waals surface area contributed by atoms with E-state index < -0.39 is 47.4 Å². The van der Waals surface area contributed by atoms with Crippen LogP contribution in [0, 0.1) is 20.8 Å². The third kappa shape index (κ3) is 11.2. The smallest absolute Gasteiger partial charge is 0.338 e. The van der Waals surface area contributed by atoms with E-state index in [1.807, 2.05) is 13.8 Å². The van der Waals surface area contributed by atoms with Crippen LogP contribution < -0.4 is 0 Å². The molecule has 1 N–H and O–H groups in total. The Labute approximate surface area is 258 Å². The number of esters is 1. The second-order valence-corrected chi connectivity index (χ2v) is 11.4. The van der Waals surface area contributed by atoms with Crippen molar-refractivity contribution in [3.63, 3.8) is 0 Å². The number of nitrogens with zero attached hydrogens (tertiary/aromatic N) is 1. The van der Waals surface area contributed by atoms with Gasteiger partial charge in [0, 0.05) is 11.4 Å². The van der Waals surface area contributed by atoms with Gasteiger partial charge in [0.1, 0.15) is 23.8 Å². The summed E-state index contributed by atoms with van der Waals surface area (Å²) in [4.78, 5) is 22.2. The molecule has 3 aromatic carbocycles. The van der Waals surface area contributed by atoms with E-state index in [0.29, 0.717) is 17.3 Å². The van der Waals surface area contributed by atoms with Crippen molar-refractivity contribution < 1.29 is 40.8 Å². The molecule has 226 valence electrons. The predicted octanol–water partition coefficient (Wildman–Crippen LogP) is 7.12. The van der Waals surface area contributed by atoms with Gasteiger partial charge in [-0.2, -0.15) is 8.42 Å². The lowest BCUT2D eigenvalue weighted by Crippen LogP contribution is -2.29. The van der Waals surface area contributed by atoms with Gasteiger partial charge in [0.2, 0.25) is 0 Å². The van der Waals surface area contributed by atoms with Gasteiger partial charge in [-0.05, 0) is 62.7 Å². The quantitative estimate of drug-likeness (QED) is 0.0995. The molecule has 14 heteroatoms. The highest BCUT2D eigenvalue weighted by Crippen LogP contribution is 2.30. The second-order valence-electron chi connectivity index (χ2n) is 8.92. The number of benzene rings is 3. The zero-order chi connectivity index (χ0) is 31.4. The molecular formula is C28H27Cl3FNO8S. The average molecular weight is 663 g/mol. The number of aryl methyl sites for hydroxylation is 3. The number of carbonyl (C=O) groups is 2. The Morgan fingerprint density at radius 3 is 2.02 bits per heavy atom. The molecule has 0 aliphatic carbocycles. The maximum atomic E-state index is 14.2. The number of ether oxygens (including phenoxy) is 1. The first kappa shape index (κ1) is 35.0. The average Bonchev–Trinajstić information content (AvgIpc) is 2.93. The minimum absolute atomic E-state index is 0.176. The van der Waals surface area contributed by atoms with Crippen LogP contribution >= 0.6 is 35.1 Å². The molecule has 0 bridgehead atoms. The molecule has 0 saturated heterocycles. The first-order chi connectivity index (χ1) is 19.7. The lowest BCUT2D eigenvalue weighted by atomic mass is 10.1. The van der Waals surface area contributed by atoms with Crippen LogP contribution in [0.25, 0.3) is 0 Å². The van der Waals surface area contributed by atoms with E-state index in [1.54, 1.807) is 55.5 Å². The van der Waals surface area contributed by atoms with Crippen molar-refractivity contribution >= 4 is 63.3 Å². The fraction of sp³-hybridized carbons (Fsp3) is 0.250. The molecule has 2 atom stereocenters. The minimum Gasteiger partial charge on any atom is -0.478 e. The summed E-state index contributed by atoms with van der Waals surface area (Å²) in [5, 5.41) is 11.6. The van der Waals surface area contributed by atoms with Crippen LogP contribution in [0.2, 0.25) is 10.0 Å². The third-order valence-corrected chi connectivity index (χ3v) is 7.80. The molecule has 9 nitrogen and oxygen atoms in total. The third-order valence-electron chi connectivity index (χ3n) is 5.48. The fourth-order valence-corrected chi connectivity index (χ4v) is 5.15. The molecule has 0 aliphatic heterocycles. The van der Waals surface area contributed by atoms with Crippen molar-refractivity contribution in [3.8, 4) is 0 Å². The summed E-state index contributed by atoms with van der Waals surface area (Å²) in [6, 6.07) is 15.7. The Hall–Kier alpha value is -3.22. The Morgan fingerprint density at radius 2 is 1.50 bits per heavy atom. The number of halogens is 4. The van der Waals surface area contributed by atoms with Crippen LogP contribution in [0.3, 0.4) is 0 Å². The Morgan fingerprint density at radius 1 is 0.952 bits per heavy atom. The van der Waals surface area contributed by atoms with Crippen molar-refractivity contribution in [2.75, 3.05) is 6.61 Å². The van der Waals surface area contributed by atoms with Crippen LogP contribution in [0.15, 0.2) is 70.7 Å². The maximum absolute atomic E-state index is 14.2. The van der Waals surface area contributed by atoms with Crippen LogP contribution in [-0.2, 0) is 23.4 Å². The number of carboxylic acids is 1. The van der Waals surface area contributed by atoms with Crippen molar-refractivity contribution in [3.05, 3.63) is 98.5 Å². The second kappa shape index (κ2) is 16.4. The van der Waals surface area contributed by atoms with Gasteiger partial charge in [0.15, 0.2) is 11.9 Å². The molecule has 0 aliphatic rings. The number of hydrogen-bond donors (Lipinski definition) is 1. The van der Waals surface area contributed by atoms with Crippen molar-refractivity contribution in [2.24, 2.45) is 5.16 Å². The molecule has 0 saturated carbocycles. The highest BCUT2D eigenvalue weighted by Gasteiger charge is 2.28. The topological polar surface area (TPSA) is 129 Å². The highest BCUT2D eigenvalue weighted by atomic mass is 35.5. The number of carboxylic acid groups (broad SMARTS) is 1. The molecular weight excluding hydrogens is 636 g/mol. The van der Waals surface area contributed by atoms with E-state index in [4.69, 9.17) is 49.1 Å². The van der Waals surface area contributed by atoms with E-state index in [2.05, 4.69) is 9.55 Å². The predicted molar refractivity (Wildman–Crippen MR) is 158 cm³/mol. The van der Waals surface area contributed by atoms with Gasteiger partial charge < -0.3 is 9.84 Å². The van der Waals surface area contributed by atoms with E-state index in [-0.39, 0.29) is 20.5 Å². The summed E-state index contributed by atoms with van der Waals surface area (Å²) in [7, 11) is -4.46. The van der Waals surface area contributed by atoms with Crippen LogP contribution in [0.4, 0.5) is 4.39 Å². The molecule has 0 aromatic heterocycles. The van der Waals surface area contributed by atoms with Crippen molar-refractivity contribution in [1.82, 2.24) is 0 Å². The van der Waals surface area contributed by atoms with Crippen molar-refractivity contribution in [2.45, 2.75) is 44.4 Å². The summed E-state index contributed by atoms with van der Waals surface area (Å²) in [5.74, 6) is -1.61. The monoisotopic (exact) mass is 661 g/mol. The molecule has 0 spiro atoms.